The van der Waals surface area contributed by atoms with Crippen LogP contribution in [-0.2, 0) is 0 Å². The summed E-state index contributed by atoms with van der Waals surface area (Å²) in [6.45, 7) is 0. The van der Waals surface area contributed by atoms with E-state index in [1.165, 1.54) is 25.6 Å². The third-order valence-corrected chi connectivity index (χ3v) is 10.7. The normalized spacial score (nSPS) is 11.5. The zero-order valence-electron chi connectivity index (χ0n) is 27.4. The fourth-order valence-corrected chi connectivity index (χ4v) is 8.23. The number of para-hydroxylation sites is 1. The second-order valence-electron chi connectivity index (χ2n) is 12.6. The molecule has 238 valence electrons. The maximum atomic E-state index is 5.46. The summed E-state index contributed by atoms with van der Waals surface area (Å²) in [6.07, 6.45) is 0. The van der Waals surface area contributed by atoms with Crippen molar-refractivity contribution < 1.29 is 0 Å². The third-order valence-electron chi connectivity index (χ3n) is 9.53. The van der Waals surface area contributed by atoms with E-state index in [1.807, 2.05) is 72.0 Å². The zero-order chi connectivity index (χ0) is 33.7. The van der Waals surface area contributed by atoms with Crippen LogP contribution in [0.3, 0.4) is 0 Å². The summed E-state index contributed by atoms with van der Waals surface area (Å²) in [5, 5.41) is 6.14. The summed E-state index contributed by atoms with van der Waals surface area (Å²) in [5.41, 5.74) is 8.07. The largest absolute Gasteiger partial charge is 0.246 e. The molecule has 0 bridgehead atoms. The molecule has 0 aliphatic carbocycles. The Morgan fingerprint density at radius 2 is 0.843 bits per heavy atom. The van der Waals surface area contributed by atoms with Gasteiger partial charge in [-0.15, -0.1) is 11.3 Å². The van der Waals surface area contributed by atoms with Crippen LogP contribution in [0.4, 0.5) is 0 Å². The molecule has 0 atom stereocenters. The van der Waals surface area contributed by atoms with Crippen LogP contribution in [0.2, 0.25) is 0 Å². The van der Waals surface area contributed by atoms with E-state index in [-0.39, 0.29) is 0 Å². The Balaban J connectivity index is 1.17. The molecule has 0 N–H and O–H groups in total. The van der Waals surface area contributed by atoms with Crippen LogP contribution >= 0.6 is 11.3 Å². The van der Waals surface area contributed by atoms with Gasteiger partial charge >= 0.3 is 0 Å². The van der Waals surface area contributed by atoms with E-state index in [4.69, 9.17) is 19.9 Å². The molecule has 0 unspecified atom stereocenters. The lowest BCUT2D eigenvalue weighted by molar-refractivity contribution is 1.07. The highest BCUT2D eigenvalue weighted by Crippen LogP contribution is 2.44. The van der Waals surface area contributed by atoms with Crippen molar-refractivity contribution >= 4 is 53.2 Å². The van der Waals surface area contributed by atoms with Gasteiger partial charge in [0.1, 0.15) is 0 Å². The van der Waals surface area contributed by atoms with Gasteiger partial charge in [-0.25, -0.2) is 19.9 Å². The molecule has 0 amide bonds. The Morgan fingerprint density at radius 1 is 0.314 bits per heavy atom. The molecule has 3 heterocycles. The molecule has 51 heavy (non-hydrogen) atoms. The SMILES string of the molecule is c1ccc(-c2nc(-c3ccccc3)nc(-c3ccc(-c4cccc5c4nc(-c4ccccc4)c4ccc6sc7ccccc7c6c45)cc3)n2)cc1. The summed E-state index contributed by atoms with van der Waals surface area (Å²) in [4.78, 5) is 20.2. The molecule has 4 nitrogen and oxygen atoms in total. The summed E-state index contributed by atoms with van der Waals surface area (Å²) in [6, 6.07) is 59.1. The van der Waals surface area contributed by atoms with E-state index in [2.05, 4.69) is 109 Å². The van der Waals surface area contributed by atoms with Crippen molar-refractivity contribution in [1.29, 1.82) is 0 Å². The Bertz CT molecular complexity index is 2830. The maximum absolute atomic E-state index is 5.46. The number of rotatable bonds is 5. The number of nitrogens with zero attached hydrogens (tertiary/aromatic N) is 4. The van der Waals surface area contributed by atoms with Crippen molar-refractivity contribution in [3.63, 3.8) is 0 Å². The lowest BCUT2D eigenvalue weighted by Crippen LogP contribution is -2.00. The number of pyridine rings is 1. The van der Waals surface area contributed by atoms with E-state index < -0.39 is 0 Å². The fraction of sp³-hybridized carbons (Fsp3) is 0. The summed E-state index contributed by atoms with van der Waals surface area (Å²) < 4.78 is 2.58. The average molecular weight is 669 g/mol. The summed E-state index contributed by atoms with van der Waals surface area (Å²) in [7, 11) is 0. The molecule has 0 aliphatic heterocycles. The van der Waals surface area contributed by atoms with Crippen molar-refractivity contribution in [2.24, 2.45) is 0 Å². The third kappa shape index (κ3) is 5.06. The number of hydrogen-bond donors (Lipinski definition) is 0. The highest BCUT2D eigenvalue weighted by atomic mass is 32.1. The summed E-state index contributed by atoms with van der Waals surface area (Å²) >= 11 is 1.85. The molecule has 0 saturated carbocycles. The molecular weight excluding hydrogens is 641 g/mol. The van der Waals surface area contributed by atoms with Crippen LogP contribution in [-0.4, -0.2) is 19.9 Å². The first-order valence-electron chi connectivity index (χ1n) is 17.0. The number of benzene rings is 7. The Kier molecular flexibility index (Phi) is 6.96. The van der Waals surface area contributed by atoms with Crippen molar-refractivity contribution in [3.05, 3.63) is 170 Å². The second kappa shape index (κ2) is 12.1. The van der Waals surface area contributed by atoms with E-state index in [0.717, 1.165) is 55.4 Å². The Hall–Kier alpha value is -6.56. The topological polar surface area (TPSA) is 51.6 Å². The molecule has 0 fully saturated rings. The highest BCUT2D eigenvalue weighted by Gasteiger charge is 2.19. The van der Waals surface area contributed by atoms with Gasteiger partial charge in [0.2, 0.25) is 0 Å². The van der Waals surface area contributed by atoms with E-state index in [9.17, 15) is 0 Å². The first-order chi connectivity index (χ1) is 25.3. The van der Waals surface area contributed by atoms with Gasteiger partial charge in [0.05, 0.1) is 11.2 Å². The monoisotopic (exact) mass is 668 g/mol. The van der Waals surface area contributed by atoms with Gasteiger partial charge in [-0.3, -0.25) is 0 Å². The average Bonchev–Trinajstić information content (AvgIpc) is 3.60. The van der Waals surface area contributed by atoms with Gasteiger partial charge in [-0.05, 0) is 17.7 Å². The van der Waals surface area contributed by atoms with Gasteiger partial charge in [-0.1, -0.05) is 158 Å². The number of aromatic nitrogens is 4. The minimum atomic E-state index is 0.634. The zero-order valence-corrected chi connectivity index (χ0v) is 28.2. The second-order valence-corrected chi connectivity index (χ2v) is 13.7. The van der Waals surface area contributed by atoms with E-state index >= 15 is 0 Å². The molecule has 0 saturated heterocycles. The minimum Gasteiger partial charge on any atom is -0.246 e. The predicted molar refractivity (Wildman–Crippen MR) is 213 cm³/mol. The molecule has 0 radical (unpaired) electrons. The molecule has 0 spiro atoms. The van der Waals surface area contributed by atoms with Crippen LogP contribution in [0.1, 0.15) is 0 Å². The quantitative estimate of drug-likeness (QED) is 0.171. The van der Waals surface area contributed by atoms with Crippen molar-refractivity contribution in [2.75, 3.05) is 0 Å². The van der Waals surface area contributed by atoms with Gasteiger partial charge in [0.25, 0.3) is 0 Å². The smallest absolute Gasteiger partial charge is 0.164 e. The lowest BCUT2D eigenvalue weighted by Gasteiger charge is -2.15. The molecule has 5 heteroatoms. The highest BCUT2D eigenvalue weighted by molar-refractivity contribution is 7.26. The van der Waals surface area contributed by atoms with Crippen molar-refractivity contribution in [3.8, 4) is 56.5 Å². The van der Waals surface area contributed by atoms with Gasteiger partial charge in [0.15, 0.2) is 17.5 Å². The van der Waals surface area contributed by atoms with Crippen molar-refractivity contribution in [2.45, 2.75) is 0 Å². The first kappa shape index (κ1) is 29.4. The summed E-state index contributed by atoms with van der Waals surface area (Å²) in [5.74, 6) is 1.93. The van der Waals surface area contributed by atoms with Gasteiger partial charge in [-0.2, -0.15) is 0 Å². The molecule has 7 aromatic carbocycles. The van der Waals surface area contributed by atoms with Crippen LogP contribution in [0.15, 0.2) is 170 Å². The van der Waals surface area contributed by atoms with Gasteiger partial charge in [0, 0.05) is 64.1 Å². The fourth-order valence-electron chi connectivity index (χ4n) is 7.12. The van der Waals surface area contributed by atoms with Gasteiger partial charge < -0.3 is 0 Å². The maximum Gasteiger partial charge on any atom is 0.164 e. The Labute approximate surface area is 298 Å². The van der Waals surface area contributed by atoms with E-state index in [1.54, 1.807) is 0 Å². The first-order valence-corrected chi connectivity index (χ1v) is 17.8. The van der Waals surface area contributed by atoms with Crippen LogP contribution in [0.25, 0.3) is 98.4 Å². The van der Waals surface area contributed by atoms with Crippen molar-refractivity contribution in [1.82, 2.24) is 19.9 Å². The van der Waals surface area contributed by atoms with E-state index in [0.29, 0.717) is 17.5 Å². The standard InChI is InChI=1S/C46H28N4S/c1-4-13-30(14-5-1)42-37-27-28-39-41(35-19-10-11-22-38(35)51-39)40(37)36-21-12-20-34(43(36)47-42)29-23-25-33(26-24-29)46-49-44(31-15-6-2-7-16-31)48-45(50-46)32-17-8-3-9-18-32/h1-28H. The predicted octanol–water partition coefficient (Wildman–Crippen LogP) is 12.3. The van der Waals surface area contributed by atoms with Crippen LogP contribution in [0, 0.1) is 0 Å². The van der Waals surface area contributed by atoms with Crippen LogP contribution in [0.5, 0.6) is 0 Å². The number of hydrogen-bond acceptors (Lipinski definition) is 5. The molecule has 10 aromatic rings. The number of thiophene rings is 1. The minimum absolute atomic E-state index is 0.634. The molecule has 0 aliphatic rings. The molecule has 10 rings (SSSR count). The lowest BCUT2D eigenvalue weighted by atomic mass is 9.93. The Morgan fingerprint density at radius 3 is 1.49 bits per heavy atom. The molecule has 3 aromatic heterocycles. The number of fused-ring (bicyclic) bond motifs is 7. The van der Waals surface area contributed by atoms with Crippen LogP contribution < -0.4 is 0 Å². The molecular formula is C46H28N4S.